The Morgan fingerprint density at radius 1 is 1.42 bits per heavy atom. The molecule has 0 aromatic carbocycles. The fourth-order valence-corrected chi connectivity index (χ4v) is 3.71. The average Bonchev–Trinajstić information content (AvgIpc) is 2.55. The van der Waals surface area contributed by atoms with Crippen molar-refractivity contribution < 1.29 is 23.1 Å². The summed E-state index contributed by atoms with van der Waals surface area (Å²) in [5.74, 6) is -3.25. The summed E-state index contributed by atoms with van der Waals surface area (Å²) in [5.41, 5.74) is 0. The van der Waals surface area contributed by atoms with Gasteiger partial charge in [-0.25, -0.2) is 18.6 Å². The number of hydrogen-bond acceptors (Lipinski definition) is 4. The maximum atomic E-state index is 14.2. The highest BCUT2D eigenvalue weighted by molar-refractivity contribution is 6.30. The van der Waals surface area contributed by atoms with E-state index in [1.165, 1.54) is 23.2 Å². The fourth-order valence-electron chi connectivity index (χ4n) is 3.60. The number of pyridine rings is 1. The predicted molar refractivity (Wildman–Crippen MR) is 90.4 cm³/mol. The maximum Gasteiger partial charge on any atom is 0.416 e. The Hall–Kier alpha value is -1.96. The molecule has 2 amide bonds. The first-order chi connectivity index (χ1) is 12.2. The number of amides is 2. The number of alkyl halides is 2. The highest BCUT2D eigenvalue weighted by Crippen LogP contribution is 2.33. The van der Waals surface area contributed by atoms with Gasteiger partial charge in [0.25, 0.3) is 5.92 Å². The van der Waals surface area contributed by atoms with Crippen LogP contribution in [0.5, 0.6) is 5.88 Å². The molecule has 2 aliphatic heterocycles. The Balaban J connectivity index is 1.73. The molecular formula is C17H20ClF2N3O3. The highest BCUT2D eigenvalue weighted by atomic mass is 35.5. The molecule has 0 bridgehead atoms. The second kappa shape index (κ2) is 7.34. The van der Waals surface area contributed by atoms with E-state index in [0.717, 1.165) is 17.7 Å². The van der Waals surface area contributed by atoms with E-state index >= 15 is 0 Å². The van der Waals surface area contributed by atoms with E-state index in [1.807, 2.05) is 6.92 Å². The summed E-state index contributed by atoms with van der Waals surface area (Å²) in [7, 11) is 0. The van der Waals surface area contributed by atoms with Crippen molar-refractivity contribution in [2.24, 2.45) is 0 Å². The van der Waals surface area contributed by atoms with Gasteiger partial charge in [-0.15, -0.1) is 0 Å². The van der Waals surface area contributed by atoms with Crippen LogP contribution in [0.1, 0.15) is 32.6 Å². The molecule has 0 aliphatic carbocycles. The number of nitrogens with zero attached hydrogens (tertiary/aromatic N) is 3. The summed E-state index contributed by atoms with van der Waals surface area (Å²) in [5, 5.41) is 0.368. The van der Waals surface area contributed by atoms with Crippen molar-refractivity contribution in [3.05, 3.63) is 23.4 Å². The van der Waals surface area contributed by atoms with E-state index in [9.17, 15) is 18.4 Å². The zero-order chi connectivity index (χ0) is 18.9. The molecule has 3 rings (SSSR count). The monoisotopic (exact) mass is 387 g/mol. The van der Waals surface area contributed by atoms with Crippen LogP contribution in [0, 0.1) is 0 Å². The van der Waals surface area contributed by atoms with E-state index in [-0.39, 0.29) is 24.4 Å². The molecule has 9 heteroatoms. The zero-order valence-corrected chi connectivity index (χ0v) is 15.1. The van der Waals surface area contributed by atoms with Gasteiger partial charge in [0.05, 0.1) is 17.6 Å². The number of carbonyl (C=O) groups is 2. The minimum absolute atomic E-state index is 0.0120. The number of halogens is 3. The third-order valence-corrected chi connectivity index (χ3v) is 4.93. The largest absolute Gasteiger partial charge is 0.416 e. The Morgan fingerprint density at radius 2 is 2.19 bits per heavy atom. The molecule has 0 N–H and O–H groups in total. The van der Waals surface area contributed by atoms with Gasteiger partial charge in [-0.3, -0.25) is 9.69 Å². The Kier molecular flexibility index (Phi) is 5.32. The third-order valence-electron chi connectivity index (χ3n) is 4.71. The summed E-state index contributed by atoms with van der Waals surface area (Å²) >= 11 is 5.72. The molecule has 1 unspecified atom stereocenters. The Bertz CT molecular complexity index is 686. The Morgan fingerprint density at radius 3 is 2.85 bits per heavy atom. The summed E-state index contributed by atoms with van der Waals surface area (Å²) in [4.78, 5) is 30.8. The number of rotatable bonds is 2. The number of hydrogen-bond donors (Lipinski definition) is 0. The zero-order valence-electron chi connectivity index (χ0n) is 14.3. The SMILES string of the molecule is CC1CCCC(=O)N1[C@H]1CN(C(=O)Oc2ccc(Cl)cn2)CC(F)(F)C1. The molecule has 6 nitrogen and oxygen atoms in total. The van der Waals surface area contributed by atoms with Gasteiger partial charge in [-0.05, 0) is 25.8 Å². The Labute approximate surface area is 155 Å². The number of carbonyl (C=O) groups excluding carboxylic acids is 2. The van der Waals surface area contributed by atoms with Crippen molar-refractivity contribution in [1.29, 1.82) is 0 Å². The number of aromatic nitrogens is 1. The first-order valence-electron chi connectivity index (χ1n) is 8.52. The van der Waals surface area contributed by atoms with Crippen molar-refractivity contribution in [2.45, 2.75) is 50.6 Å². The second-order valence-corrected chi connectivity index (χ2v) is 7.26. The molecule has 1 aromatic heterocycles. The van der Waals surface area contributed by atoms with Crippen LogP contribution in [0.25, 0.3) is 0 Å². The highest BCUT2D eigenvalue weighted by Gasteiger charge is 2.46. The smallest absolute Gasteiger partial charge is 0.391 e. The van der Waals surface area contributed by atoms with Crippen LogP contribution in [0.4, 0.5) is 13.6 Å². The fraction of sp³-hybridized carbons (Fsp3) is 0.588. The van der Waals surface area contributed by atoms with Crippen LogP contribution in [0.3, 0.4) is 0 Å². The normalized spacial score (nSPS) is 25.9. The van der Waals surface area contributed by atoms with Crippen LogP contribution in [0.2, 0.25) is 5.02 Å². The number of piperidine rings is 2. The van der Waals surface area contributed by atoms with Crippen LogP contribution in [-0.4, -0.2) is 57.9 Å². The van der Waals surface area contributed by atoms with Gasteiger partial charge in [-0.2, -0.15) is 0 Å². The van der Waals surface area contributed by atoms with Crippen molar-refractivity contribution in [3.63, 3.8) is 0 Å². The van der Waals surface area contributed by atoms with Crippen molar-refractivity contribution in [3.8, 4) is 5.88 Å². The molecule has 26 heavy (non-hydrogen) atoms. The summed E-state index contributed by atoms with van der Waals surface area (Å²) < 4.78 is 33.6. The lowest BCUT2D eigenvalue weighted by atomic mass is 9.94. The van der Waals surface area contributed by atoms with Gasteiger partial charge in [-0.1, -0.05) is 11.6 Å². The van der Waals surface area contributed by atoms with Crippen molar-refractivity contribution >= 4 is 23.6 Å². The topological polar surface area (TPSA) is 62.7 Å². The van der Waals surface area contributed by atoms with E-state index in [0.29, 0.717) is 11.4 Å². The van der Waals surface area contributed by atoms with Gasteiger partial charge < -0.3 is 9.64 Å². The van der Waals surface area contributed by atoms with Gasteiger partial charge in [0.1, 0.15) is 0 Å². The molecular weight excluding hydrogens is 368 g/mol. The molecule has 2 atom stereocenters. The molecule has 0 radical (unpaired) electrons. The summed E-state index contributed by atoms with van der Waals surface area (Å²) in [6, 6.07) is 2.02. The lowest BCUT2D eigenvalue weighted by Gasteiger charge is -2.45. The third kappa shape index (κ3) is 4.23. The number of ether oxygens (including phenoxy) is 1. The molecule has 3 heterocycles. The van der Waals surface area contributed by atoms with E-state index in [2.05, 4.69) is 4.98 Å². The first-order valence-corrected chi connectivity index (χ1v) is 8.90. The van der Waals surface area contributed by atoms with E-state index < -0.39 is 31.0 Å². The quantitative estimate of drug-likeness (QED) is 0.780. The lowest BCUT2D eigenvalue weighted by molar-refractivity contribution is -0.146. The van der Waals surface area contributed by atoms with Gasteiger partial charge >= 0.3 is 6.09 Å². The van der Waals surface area contributed by atoms with Gasteiger partial charge in [0, 0.05) is 37.7 Å². The first kappa shape index (κ1) is 18.8. The van der Waals surface area contributed by atoms with E-state index in [4.69, 9.17) is 16.3 Å². The maximum absolute atomic E-state index is 14.2. The molecule has 0 saturated carbocycles. The summed E-state index contributed by atoms with van der Waals surface area (Å²) in [6.45, 7) is 1.12. The second-order valence-electron chi connectivity index (χ2n) is 6.82. The summed E-state index contributed by atoms with van der Waals surface area (Å²) in [6.07, 6.45) is 1.81. The molecule has 2 saturated heterocycles. The van der Waals surface area contributed by atoms with Crippen LogP contribution in [-0.2, 0) is 4.79 Å². The van der Waals surface area contributed by atoms with Gasteiger partial charge in [0.2, 0.25) is 11.8 Å². The molecule has 1 aromatic rings. The minimum Gasteiger partial charge on any atom is -0.391 e. The van der Waals surface area contributed by atoms with Crippen molar-refractivity contribution in [2.75, 3.05) is 13.1 Å². The van der Waals surface area contributed by atoms with Gasteiger partial charge in [0.15, 0.2) is 0 Å². The van der Waals surface area contributed by atoms with Crippen LogP contribution >= 0.6 is 11.6 Å². The standard InChI is InChI=1S/C17H20ClF2N3O3/c1-11-3-2-4-15(24)23(11)13-7-17(19,20)10-22(9-13)16(25)26-14-6-5-12(18)8-21-14/h5-6,8,11,13H,2-4,7,9-10H2,1H3/t11?,13-/m1/s1. The predicted octanol–water partition coefficient (Wildman–Crippen LogP) is 3.34. The molecule has 2 fully saturated rings. The molecule has 0 spiro atoms. The molecule has 2 aliphatic rings. The van der Waals surface area contributed by atoms with Crippen LogP contribution in [0.15, 0.2) is 18.3 Å². The number of likely N-dealkylation sites (tertiary alicyclic amines) is 2. The van der Waals surface area contributed by atoms with Crippen molar-refractivity contribution in [1.82, 2.24) is 14.8 Å². The van der Waals surface area contributed by atoms with Crippen LogP contribution < -0.4 is 4.74 Å². The lowest BCUT2D eigenvalue weighted by Crippen LogP contribution is -2.60. The van der Waals surface area contributed by atoms with E-state index in [1.54, 1.807) is 0 Å². The average molecular weight is 388 g/mol. The minimum atomic E-state index is -3.09. The molecule has 142 valence electrons.